The monoisotopic (exact) mass is 286 g/mol. The van der Waals surface area contributed by atoms with E-state index in [4.69, 9.17) is 0 Å². The molecule has 0 spiro atoms. The summed E-state index contributed by atoms with van der Waals surface area (Å²) in [5, 5.41) is 15.2. The lowest BCUT2D eigenvalue weighted by Gasteiger charge is -2.21. The molecule has 1 amide bonds. The third-order valence-corrected chi connectivity index (χ3v) is 4.74. The second-order valence-electron chi connectivity index (χ2n) is 4.23. The Kier molecular flexibility index (Phi) is 5.25. The fraction of sp³-hybridized carbons (Fsp3) is 0.727. The molecule has 2 N–H and O–H groups in total. The zero-order valence-electron chi connectivity index (χ0n) is 10.4. The third-order valence-electron chi connectivity index (χ3n) is 2.64. The summed E-state index contributed by atoms with van der Waals surface area (Å²) in [6.45, 7) is 2.94. The second-order valence-corrected chi connectivity index (χ2v) is 6.35. The van der Waals surface area contributed by atoms with Gasteiger partial charge >= 0.3 is 0 Å². The van der Waals surface area contributed by atoms with Crippen molar-refractivity contribution in [3.05, 3.63) is 5.01 Å². The maximum Gasteiger partial charge on any atom is 0.282 e. The van der Waals surface area contributed by atoms with Gasteiger partial charge in [-0.3, -0.25) is 4.79 Å². The largest absolute Gasteiger partial charge is 0.360 e. The summed E-state index contributed by atoms with van der Waals surface area (Å²) in [6.07, 6.45) is 3.27. The molecule has 1 saturated heterocycles. The Balaban J connectivity index is 1.85. The van der Waals surface area contributed by atoms with Gasteiger partial charge in [0.2, 0.25) is 10.1 Å². The Morgan fingerprint density at radius 3 is 3.11 bits per heavy atom. The first-order valence-corrected chi connectivity index (χ1v) is 8.22. The topological polar surface area (TPSA) is 66.9 Å². The lowest BCUT2D eigenvalue weighted by molar-refractivity contribution is 0.0937. The summed E-state index contributed by atoms with van der Waals surface area (Å²) in [6, 6.07) is 0.284. The zero-order valence-corrected chi connectivity index (χ0v) is 12.1. The molecule has 1 aromatic heterocycles. The zero-order chi connectivity index (χ0) is 12.8. The van der Waals surface area contributed by atoms with Crippen molar-refractivity contribution in [2.75, 3.05) is 23.4 Å². The van der Waals surface area contributed by atoms with Gasteiger partial charge < -0.3 is 10.6 Å². The normalized spacial score (nSPS) is 19.5. The average molecular weight is 286 g/mol. The van der Waals surface area contributed by atoms with E-state index in [-0.39, 0.29) is 11.9 Å². The SMILES string of the molecule is CCCNc1nnc(C(=O)NC2CCCSC2)s1. The van der Waals surface area contributed by atoms with Crippen LogP contribution in [0.1, 0.15) is 36.0 Å². The van der Waals surface area contributed by atoms with Crippen LogP contribution >= 0.6 is 23.1 Å². The molecule has 1 unspecified atom stereocenters. The van der Waals surface area contributed by atoms with Crippen molar-refractivity contribution in [2.45, 2.75) is 32.2 Å². The van der Waals surface area contributed by atoms with Gasteiger partial charge in [0.05, 0.1) is 0 Å². The number of aromatic nitrogens is 2. The van der Waals surface area contributed by atoms with Crippen molar-refractivity contribution >= 4 is 34.1 Å². The Labute approximate surface area is 115 Å². The number of nitrogens with one attached hydrogen (secondary N) is 2. The molecule has 1 aliphatic heterocycles. The number of carbonyl (C=O) groups is 1. The first-order chi connectivity index (χ1) is 8.79. The maximum absolute atomic E-state index is 12.0. The highest BCUT2D eigenvalue weighted by Crippen LogP contribution is 2.19. The molecule has 2 rings (SSSR count). The molecule has 0 radical (unpaired) electrons. The minimum absolute atomic E-state index is 0.0930. The van der Waals surface area contributed by atoms with Gasteiger partial charge in [-0.25, -0.2) is 0 Å². The number of hydrogen-bond donors (Lipinski definition) is 2. The second kappa shape index (κ2) is 6.94. The van der Waals surface area contributed by atoms with Crippen molar-refractivity contribution in [1.82, 2.24) is 15.5 Å². The minimum atomic E-state index is -0.0930. The number of anilines is 1. The summed E-state index contributed by atoms with van der Waals surface area (Å²) in [5.74, 6) is 2.12. The lowest BCUT2D eigenvalue weighted by atomic mass is 10.2. The third kappa shape index (κ3) is 3.84. The molecule has 1 atom stereocenters. The predicted octanol–water partition coefficient (Wildman–Crippen LogP) is 1.99. The number of hydrogen-bond acceptors (Lipinski definition) is 6. The highest BCUT2D eigenvalue weighted by molar-refractivity contribution is 7.99. The van der Waals surface area contributed by atoms with Gasteiger partial charge in [-0.1, -0.05) is 18.3 Å². The first kappa shape index (κ1) is 13.6. The van der Waals surface area contributed by atoms with E-state index >= 15 is 0 Å². The summed E-state index contributed by atoms with van der Waals surface area (Å²) in [5.41, 5.74) is 0. The van der Waals surface area contributed by atoms with E-state index in [2.05, 4.69) is 27.8 Å². The molecule has 7 heteroatoms. The van der Waals surface area contributed by atoms with E-state index in [9.17, 15) is 4.79 Å². The van der Waals surface area contributed by atoms with E-state index in [1.807, 2.05) is 11.8 Å². The lowest BCUT2D eigenvalue weighted by Crippen LogP contribution is -2.38. The summed E-state index contributed by atoms with van der Waals surface area (Å²) in [4.78, 5) is 12.0. The fourth-order valence-electron chi connectivity index (χ4n) is 1.72. The van der Waals surface area contributed by atoms with E-state index in [1.54, 1.807) is 0 Å². The van der Waals surface area contributed by atoms with Gasteiger partial charge in [0, 0.05) is 18.3 Å². The molecule has 0 aromatic carbocycles. The Bertz CT molecular complexity index is 390. The van der Waals surface area contributed by atoms with Gasteiger partial charge in [0.15, 0.2) is 0 Å². The molecular formula is C11H18N4OS2. The van der Waals surface area contributed by atoms with Crippen molar-refractivity contribution in [3.63, 3.8) is 0 Å². The van der Waals surface area contributed by atoms with Gasteiger partial charge in [-0.15, -0.1) is 10.2 Å². The van der Waals surface area contributed by atoms with E-state index in [1.165, 1.54) is 23.5 Å². The van der Waals surface area contributed by atoms with Crippen LogP contribution in [0.3, 0.4) is 0 Å². The van der Waals surface area contributed by atoms with E-state index in [0.29, 0.717) is 5.01 Å². The number of thioether (sulfide) groups is 1. The molecule has 5 nitrogen and oxygen atoms in total. The van der Waals surface area contributed by atoms with E-state index in [0.717, 1.165) is 30.3 Å². The molecule has 0 saturated carbocycles. The van der Waals surface area contributed by atoms with Crippen molar-refractivity contribution in [3.8, 4) is 0 Å². The van der Waals surface area contributed by atoms with Crippen LogP contribution in [0.2, 0.25) is 0 Å². The molecule has 18 heavy (non-hydrogen) atoms. The van der Waals surface area contributed by atoms with Crippen molar-refractivity contribution in [2.24, 2.45) is 0 Å². The highest BCUT2D eigenvalue weighted by atomic mass is 32.2. The number of carbonyl (C=O) groups excluding carboxylic acids is 1. The smallest absolute Gasteiger partial charge is 0.282 e. The standard InChI is InChI=1S/C11H18N4OS2/c1-2-5-12-11-15-14-10(18-11)9(16)13-8-4-3-6-17-7-8/h8H,2-7H2,1H3,(H,12,15)(H,13,16). The van der Waals surface area contributed by atoms with Crippen LogP contribution < -0.4 is 10.6 Å². The molecular weight excluding hydrogens is 268 g/mol. The molecule has 0 bridgehead atoms. The number of nitrogens with zero attached hydrogens (tertiary/aromatic N) is 2. The first-order valence-electron chi connectivity index (χ1n) is 6.25. The van der Waals surface area contributed by atoms with Gasteiger partial charge in [-0.2, -0.15) is 11.8 Å². The Morgan fingerprint density at radius 1 is 1.50 bits per heavy atom. The Morgan fingerprint density at radius 2 is 2.39 bits per heavy atom. The fourth-order valence-corrected chi connectivity index (χ4v) is 3.46. The number of rotatable bonds is 5. The van der Waals surface area contributed by atoms with Crippen LogP contribution in [0.4, 0.5) is 5.13 Å². The van der Waals surface area contributed by atoms with Crippen molar-refractivity contribution in [1.29, 1.82) is 0 Å². The molecule has 1 fully saturated rings. The predicted molar refractivity (Wildman–Crippen MR) is 76.5 cm³/mol. The van der Waals surface area contributed by atoms with Crippen LogP contribution in [-0.2, 0) is 0 Å². The molecule has 1 aromatic rings. The van der Waals surface area contributed by atoms with Gasteiger partial charge in [0.25, 0.3) is 5.91 Å². The summed E-state index contributed by atoms with van der Waals surface area (Å²) in [7, 11) is 0. The van der Waals surface area contributed by atoms with Crippen LogP contribution in [0.15, 0.2) is 0 Å². The quantitative estimate of drug-likeness (QED) is 0.866. The van der Waals surface area contributed by atoms with Crippen molar-refractivity contribution < 1.29 is 4.79 Å². The van der Waals surface area contributed by atoms with Crippen LogP contribution in [0.5, 0.6) is 0 Å². The summed E-state index contributed by atoms with van der Waals surface area (Å²) >= 11 is 3.21. The van der Waals surface area contributed by atoms with E-state index < -0.39 is 0 Å². The number of amides is 1. The molecule has 2 heterocycles. The molecule has 0 aliphatic carbocycles. The highest BCUT2D eigenvalue weighted by Gasteiger charge is 2.19. The van der Waals surface area contributed by atoms with Crippen LogP contribution in [0, 0.1) is 0 Å². The average Bonchev–Trinajstić information content (AvgIpc) is 2.86. The van der Waals surface area contributed by atoms with Gasteiger partial charge in [0.1, 0.15) is 0 Å². The molecule has 1 aliphatic rings. The maximum atomic E-state index is 12.0. The summed E-state index contributed by atoms with van der Waals surface area (Å²) < 4.78 is 0. The van der Waals surface area contributed by atoms with Crippen LogP contribution in [0.25, 0.3) is 0 Å². The Hall–Kier alpha value is -0.820. The molecule has 100 valence electrons. The van der Waals surface area contributed by atoms with Crippen LogP contribution in [-0.4, -0.2) is 40.2 Å². The van der Waals surface area contributed by atoms with Gasteiger partial charge in [-0.05, 0) is 25.0 Å². The minimum Gasteiger partial charge on any atom is -0.360 e.